The van der Waals surface area contributed by atoms with Crippen molar-refractivity contribution < 1.29 is 4.74 Å². The summed E-state index contributed by atoms with van der Waals surface area (Å²) in [5, 5.41) is 0. The first-order valence-electron chi connectivity index (χ1n) is 6.01. The number of benzene rings is 2. The van der Waals surface area contributed by atoms with Crippen LogP contribution in [0, 0.1) is 0 Å². The lowest BCUT2D eigenvalue weighted by atomic mass is 10.2. The summed E-state index contributed by atoms with van der Waals surface area (Å²) in [6.07, 6.45) is 0. The Balaban J connectivity index is 2.03. The first kappa shape index (κ1) is 11.0. The molecule has 0 amide bonds. The average Bonchev–Trinajstić information content (AvgIpc) is 2.77. The van der Waals surface area contributed by atoms with Gasteiger partial charge in [-0.2, -0.15) is 0 Å². The van der Waals surface area contributed by atoms with Gasteiger partial charge in [-0.1, -0.05) is 18.2 Å². The van der Waals surface area contributed by atoms with Crippen LogP contribution < -0.4 is 14.5 Å². The van der Waals surface area contributed by atoms with Crippen LogP contribution in [-0.4, -0.2) is 20.8 Å². The standard InChI is InChI=1S/C15H16N2O/c1-16-11-17(15-9-4-3-8-14(15)16)12-6-5-7-13(10-12)18-2/h3-10H,11H2,1-2H3. The lowest BCUT2D eigenvalue weighted by Gasteiger charge is -2.19. The summed E-state index contributed by atoms with van der Waals surface area (Å²) < 4.78 is 5.29. The molecule has 1 heterocycles. The number of anilines is 3. The summed E-state index contributed by atoms with van der Waals surface area (Å²) in [4.78, 5) is 4.53. The molecular formula is C15H16N2O. The van der Waals surface area contributed by atoms with Crippen LogP contribution in [0.15, 0.2) is 48.5 Å². The first-order chi connectivity index (χ1) is 8.79. The molecule has 0 bridgehead atoms. The van der Waals surface area contributed by atoms with E-state index in [4.69, 9.17) is 4.74 Å². The molecule has 1 aliphatic rings. The third-order valence-corrected chi connectivity index (χ3v) is 3.30. The van der Waals surface area contributed by atoms with Crippen LogP contribution in [0.5, 0.6) is 5.75 Å². The van der Waals surface area contributed by atoms with Crippen LogP contribution in [0.1, 0.15) is 0 Å². The van der Waals surface area contributed by atoms with Gasteiger partial charge in [-0.25, -0.2) is 0 Å². The van der Waals surface area contributed by atoms with Crippen molar-refractivity contribution in [1.82, 2.24) is 0 Å². The van der Waals surface area contributed by atoms with Crippen molar-refractivity contribution in [1.29, 1.82) is 0 Å². The first-order valence-corrected chi connectivity index (χ1v) is 6.01. The molecule has 0 spiro atoms. The van der Waals surface area contributed by atoms with E-state index in [1.54, 1.807) is 7.11 Å². The molecule has 0 saturated heterocycles. The van der Waals surface area contributed by atoms with Gasteiger partial charge in [0.2, 0.25) is 0 Å². The van der Waals surface area contributed by atoms with Gasteiger partial charge >= 0.3 is 0 Å². The van der Waals surface area contributed by atoms with E-state index in [9.17, 15) is 0 Å². The normalized spacial score (nSPS) is 13.7. The molecule has 92 valence electrons. The van der Waals surface area contributed by atoms with Gasteiger partial charge in [0.15, 0.2) is 0 Å². The van der Waals surface area contributed by atoms with Crippen molar-refractivity contribution in [2.24, 2.45) is 0 Å². The van der Waals surface area contributed by atoms with Crippen LogP contribution in [0.2, 0.25) is 0 Å². The van der Waals surface area contributed by atoms with Gasteiger partial charge < -0.3 is 14.5 Å². The molecule has 0 saturated carbocycles. The Morgan fingerprint density at radius 3 is 2.56 bits per heavy atom. The third kappa shape index (κ3) is 1.68. The maximum atomic E-state index is 5.29. The lowest BCUT2D eigenvalue weighted by molar-refractivity contribution is 0.415. The van der Waals surface area contributed by atoms with E-state index in [1.165, 1.54) is 11.4 Å². The summed E-state index contributed by atoms with van der Waals surface area (Å²) >= 11 is 0. The number of rotatable bonds is 2. The predicted octanol–water partition coefficient (Wildman–Crippen LogP) is 3.24. The molecule has 3 heteroatoms. The summed E-state index contributed by atoms with van der Waals surface area (Å²) in [5.41, 5.74) is 3.67. The van der Waals surface area contributed by atoms with E-state index in [2.05, 4.69) is 53.2 Å². The van der Waals surface area contributed by atoms with Crippen LogP contribution >= 0.6 is 0 Å². The molecule has 1 aliphatic heterocycles. The SMILES string of the molecule is COc1cccc(N2CN(C)c3ccccc32)c1. The second-order valence-corrected chi connectivity index (χ2v) is 4.46. The predicted molar refractivity (Wildman–Crippen MR) is 74.8 cm³/mol. The molecule has 0 N–H and O–H groups in total. The van der Waals surface area contributed by atoms with Crippen molar-refractivity contribution in [3.8, 4) is 5.75 Å². The number of methoxy groups -OCH3 is 1. The average molecular weight is 240 g/mol. The molecule has 0 unspecified atom stereocenters. The van der Waals surface area contributed by atoms with Crippen LogP contribution in [0.25, 0.3) is 0 Å². The smallest absolute Gasteiger partial charge is 0.120 e. The van der Waals surface area contributed by atoms with E-state index < -0.39 is 0 Å². The van der Waals surface area contributed by atoms with Gasteiger partial charge in [0.25, 0.3) is 0 Å². The second-order valence-electron chi connectivity index (χ2n) is 4.46. The van der Waals surface area contributed by atoms with Gasteiger partial charge in [0, 0.05) is 18.8 Å². The number of para-hydroxylation sites is 2. The Bertz CT molecular complexity index is 568. The zero-order chi connectivity index (χ0) is 12.5. The molecule has 2 aromatic carbocycles. The van der Waals surface area contributed by atoms with Crippen LogP contribution in [-0.2, 0) is 0 Å². The third-order valence-electron chi connectivity index (χ3n) is 3.30. The fraction of sp³-hybridized carbons (Fsp3) is 0.200. The Morgan fingerprint density at radius 2 is 1.78 bits per heavy atom. The zero-order valence-corrected chi connectivity index (χ0v) is 10.6. The highest BCUT2D eigenvalue weighted by atomic mass is 16.5. The molecular weight excluding hydrogens is 224 g/mol. The summed E-state index contributed by atoms with van der Waals surface area (Å²) in [6, 6.07) is 16.6. The Labute approximate surface area is 107 Å². The van der Waals surface area contributed by atoms with Crippen molar-refractivity contribution in [3.05, 3.63) is 48.5 Å². The Morgan fingerprint density at radius 1 is 1.00 bits per heavy atom. The molecule has 0 aromatic heterocycles. The fourth-order valence-corrected chi connectivity index (χ4v) is 2.38. The second kappa shape index (κ2) is 4.26. The van der Waals surface area contributed by atoms with Gasteiger partial charge in [-0.3, -0.25) is 0 Å². The van der Waals surface area contributed by atoms with E-state index in [-0.39, 0.29) is 0 Å². The van der Waals surface area contributed by atoms with E-state index in [1.807, 2.05) is 12.1 Å². The minimum atomic E-state index is 0.868. The minimum absolute atomic E-state index is 0.868. The maximum Gasteiger partial charge on any atom is 0.120 e. The van der Waals surface area contributed by atoms with Crippen molar-refractivity contribution in [2.75, 3.05) is 30.6 Å². The summed E-state index contributed by atoms with van der Waals surface area (Å²) in [5.74, 6) is 0.888. The molecule has 2 aromatic rings. The largest absolute Gasteiger partial charge is 0.497 e. The zero-order valence-electron chi connectivity index (χ0n) is 10.6. The fourth-order valence-electron chi connectivity index (χ4n) is 2.38. The van der Waals surface area contributed by atoms with Crippen molar-refractivity contribution in [2.45, 2.75) is 0 Å². The van der Waals surface area contributed by atoms with E-state index >= 15 is 0 Å². The van der Waals surface area contributed by atoms with E-state index in [0.717, 1.165) is 18.1 Å². The van der Waals surface area contributed by atoms with Gasteiger partial charge in [-0.15, -0.1) is 0 Å². The number of hydrogen-bond donors (Lipinski definition) is 0. The highest BCUT2D eigenvalue weighted by molar-refractivity contribution is 5.82. The lowest BCUT2D eigenvalue weighted by Crippen LogP contribution is -2.23. The molecule has 0 atom stereocenters. The number of nitrogens with zero attached hydrogens (tertiary/aromatic N) is 2. The Hall–Kier alpha value is -2.16. The number of ether oxygens (including phenoxy) is 1. The summed E-state index contributed by atoms with van der Waals surface area (Å²) in [6.45, 7) is 0.868. The number of hydrogen-bond acceptors (Lipinski definition) is 3. The monoisotopic (exact) mass is 240 g/mol. The molecule has 3 rings (SSSR count). The van der Waals surface area contributed by atoms with Crippen LogP contribution in [0.4, 0.5) is 17.1 Å². The highest BCUT2D eigenvalue weighted by Crippen LogP contribution is 2.39. The minimum Gasteiger partial charge on any atom is -0.497 e. The topological polar surface area (TPSA) is 15.7 Å². The van der Waals surface area contributed by atoms with Crippen molar-refractivity contribution >= 4 is 17.1 Å². The molecule has 0 fully saturated rings. The molecule has 0 radical (unpaired) electrons. The number of fused-ring (bicyclic) bond motifs is 1. The Kier molecular flexibility index (Phi) is 2.59. The van der Waals surface area contributed by atoms with Gasteiger partial charge in [0.1, 0.15) is 5.75 Å². The highest BCUT2D eigenvalue weighted by Gasteiger charge is 2.23. The van der Waals surface area contributed by atoms with Crippen molar-refractivity contribution in [3.63, 3.8) is 0 Å². The van der Waals surface area contributed by atoms with Gasteiger partial charge in [-0.05, 0) is 24.3 Å². The molecule has 3 nitrogen and oxygen atoms in total. The molecule has 0 aliphatic carbocycles. The quantitative estimate of drug-likeness (QED) is 0.801. The van der Waals surface area contributed by atoms with Gasteiger partial charge in [0.05, 0.1) is 25.2 Å². The van der Waals surface area contributed by atoms with E-state index in [0.29, 0.717) is 0 Å². The maximum absolute atomic E-state index is 5.29. The summed E-state index contributed by atoms with van der Waals surface area (Å²) in [7, 11) is 3.81. The molecule has 18 heavy (non-hydrogen) atoms. The van der Waals surface area contributed by atoms with Crippen LogP contribution in [0.3, 0.4) is 0 Å².